The third-order valence-corrected chi connectivity index (χ3v) is 2.33. The maximum absolute atomic E-state index is 9.51. The summed E-state index contributed by atoms with van der Waals surface area (Å²) in [5.41, 5.74) is 0. The molecule has 4 heteroatoms. The lowest BCUT2D eigenvalue weighted by Gasteiger charge is -2.07. The lowest BCUT2D eigenvalue weighted by molar-refractivity contribution is 0.378. The van der Waals surface area contributed by atoms with Crippen molar-refractivity contribution in [3.05, 3.63) is 29.5 Å². The predicted octanol–water partition coefficient (Wildman–Crippen LogP) is 2.60. The second-order valence-electron chi connectivity index (χ2n) is 2.81. The molecule has 1 N–H and O–H groups in total. The summed E-state index contributed by atoms with van der Waals surface area (Å²) in [6.45, 7) is 0. The first-order chi connectivity index (χ1) is 6.74. The van der Waals surface area contributed by atoms with Crippen LogP contribution in [0.4, 0.5) is 0 Å². The maximum atomic E-state index is 9.51. The fourth-order valence-electron chi connectivity index (χ4n) is 1.39. The number of halogens is 1. The summed E-state index contributed by atoms with van der Waals surface area (Å²) >= 11 is 5.89. The normalized spacial score (nSPS) is 10.4. The predicted molar refractivity (Wildman–Crippen MR) is 55.0 cm³/mol. The van der Waals surface area contributed by atoms with Crippen LogP contribution >= 0.6 is 11.6 Å². The summed E-state index contributed by atoms with van der Waals surface area (Å²) in [5, 5.41) is 11.4. The number of ether oxygens (including phenoxy) is 1. The number of fused-ring (bicyclic) bond motifs is 1. The minimum absolute atomic E-state index is 0.0993. The molecule has 0 fully saturated rings. The van der Waals surface area contributed by atoms with E-state index in [-0.39, 0.29) is 5.75 Å². The zero-order valence-corrected chi connectivity index (χ0v) is 8.25. The molecule has 0 atom stereocenters. The van der Waals surface area contributed by atoms with Crippen LogP contribution in [0, 0.1) is 0 Å². The van der Waals surface area contributed by atoms with Crippen LogP contribution in [0.1, 0.15) is 0 Å². The van der Waals surface area contributed by atoms with Crippen molar-refractivity contribution in [2.45, 2.75) is 0 Å². The first-order valence-corrected chi connectivity index (χ1v) is 4.42. The molecule has 2 rings (SSSR count). The lowest BCUT2D eigenvalue weighted by Crippen LogP contribution is -1.87. The van der Waals surface area contributed by atoms with Crippen LogP contribution in [0.25, 0.3) is 10.8 Å². The number of methoxy groups -OCH3 is 1. The zero-order valence-electron chi connectivity index (χ0n) is 7.49. The summed E-state index contributed by atoms with van der Waals surface area (Å²) in [6.07, 6.45) is 1.58. The largest absolute Gasteiger partial charge is 0.504 e. The molecule has 2 aromatic rings. The van der Waals surface area contributed by atoms with Gasteiger partial charge in [-0.25, -0.2) is 4.98 Å². The molecular weight excluding hydrogens is 202 g/mol. The van der Waals surface area contributed by atoms with Gasteiger partial charge in [-0.1, -0.05) is 11.6 Å². The molecule has 1 aromatic carbocycles. The molecule has 0 aliphatic heterocycles. The van der Waals surface area contributed by atoms with Crippen LogP contribution in [0.2, 0.25) is 5.15 Å². The number of phenols is 1. The van der Waals surface area contributed by atoms with Gasteiger partial charge in [0.05, 0.1) is 7.11 Å². The highest BCUT2D eigenvalue weighted by atomic mass is 35.5. The lowest BCUT2D eigenvalue weighted by atomic mass is 10.1. The Morgan fingerprint density at radius 2 is 2.07 bits per heavy atom. The molecule has 0 saturated heterocycles. The van der Waals surface area contributed by atoms with Crippen molar-refractivity contribution in [3.8, 4) is 11.5 Å². The number of hydrogen-bond donors (Lipinski definition) is 1. The number of aromatic hydroxyl groups is 1. The van der Waals surface area contributed by atoms with E-state index < -0.39 is 0 Å². The highest BCUT2D eigenvalue weighted by Crippen LogP contribution is 2.36. The summed E-state index contributed by atoms with van der Waals surface area (Å²) in [5.74, 6) is 0.522. The van der Waals surface area contributed by atoms with Crippen molar-refractivity contribution in [2.24, 2.45) is 0 Å². The van der Waals surface area contributed by atoms with Gasteiger partial charge in [-0.2, -0.15) is 0 Å². The molecule has 0 spiro atoms. The van der Waals surface area contributed by atoms with E-state index in [4.69, 9.17) is 16.3 Å². The van der Waals surface area contributed by atoms with E-state index in [9.17, 15) is 5.11 Å². The summed E-state index contributed by atoms with van der Waals surface area (Å²) in [4.78, 5) is 3.94. The van der Waals surface area contributed by atoms with E-state index in [1.165, 1.54) is 13.2 Å². The average Bonchev–Trinajstić information content (AvgIpc) is 2.18. The van der Waals surface area contributed by atoms with Crippen LogP contribution in [0.15, 0.2) is 24.4 Å². The summed E-state index contributed by atoms with van der Waals surface area (Å²) in [6, 6.07) is 5.00. The Labute approximate surface area is 85.9 Å². The Morgan fingerprint density at radius 3 is 2.79 bits per heavy atom. The number of benzene rings is 1. The second-order valence-corrected chi connectivity index (χ2v) is 3.17. The molecule has 72 valence electrons. The molecule has 0 aliphatic carbocycles. The van der Waals surface area contributed by atoms with Crippen molar-refractivity contribution in [3.63, 3.8) is 0 Å². The van der Waals surface area contributed by atoms with Crippen LogP contribution in [-0.4, -0.2) is 17.2 Å². The van der Waals surface area contributed by atoms with Gasteiger partial charge in [0.1, 0.15) is 5.15 Å². The van der Waals surface area contributed by atoms with Crippen LogP contribution in [0.3, 0.4) is 0 Å². The third kappa shape index (κ3) is 1.26. The van der Waals surface area contributed by atoms with E-state index in [0.717, 1.165) is 10.8 Å². The molecule has 0 unspecified atom stereocenters. The Kier molecular flexibility index (Phi) is 2.17. The topological polar surface area (TPSA) is 42.4 Å². The molecule has 0 bridgehead atoms. The van der Waals surface area contributed by atoms with Gasteiger partial charge in [0.2, 0.25) is 0 Å². The number of nitrogens with zero attached hydrogens (tertiary/aromatic N) is 1. The van der Waals surface area contributed by atoms with Crippen molar-refractivity contribution in [1.29, 1.82) is 0 Å². The van der Waals surface area contributed by atoms with Crippen molar-refractivity contribution in [1.82, 2.24) is 4.98 Å². The Balaban J connectivity index is 2.88. The summed E-state index contributed by atoms with van der Waals surface area (Å²) in [7, 11) is 1.50. The molecule has 1 aromatic heterocycles. The Bertz CT molecular complexity index is 485. The minimum atomic E-state index is 0.0993. The second kappa shape index (κ2) is 3.35. The molecule has 0 amide bonds. The molecular formula is C10H8ClNO2. The van der Waals surface area contributed by atoms with E-state index in [2.05, 4.69) is 4.98 Å². The molecule has 0 radical (unpaired) electrons. The van der Waals surface area contributed by atoms with Crippen molar-refractivity contribution >= 4 is 22.4 Å². The number of phenolic OH excluding ortho intramolecular Hbond substituents is 1. The van der Waals surface area contributed by atoms with Crippen LogP contribution in [-0.2, 0) is 0 Å². The quantitative estimate of drug-likeness (QED) is 0.735. The van der Waals surface area contributed by atoms with Gasteiger partial charge in [-0.05, 0) is 18.2 Å². The number of aromatic nitrogens is 1. The standard InChI is InChI=1S/C10H8ClNO2/c1-14-9-6-4-5-12-10(11)7(6)2-3-8(9)13/h2-5,13H,1H3. The highest BCUT2D eigenvalue weighted by molar-refractivity contribution is 6.34. The highest BCUT2D eigenvalue weighted by Gasteiger charge is 2.08. The van der Waals surface area contributed by atoms with E-state index in [1.807, 2.05) is 0 Å². The van der Waals surface area contributed by atoms with Crippen LogP contribution in [0.5, 0.6) is 11.5 Å². The van der Waals surface area contributed by atoms with Gasteiger partial charge in [0.25, 0.3) is 0 Å². The Morgan fingerprint density at radius 1 is 1.29 bits per heavy atom. The van der Waals surface area contributed by atoms with Gasteiger partial charge in [0, 0.05) is 17.0 Å². The SMILES string of the molecule is COc1c(O)ccc2c(Cl)nccc12. The first-order valence-electron chi connectivity index (χ1n) is 4.04. The Hall–Kier alpha value is -1.48. The smallest absolute Gasteiger partial charge is 0.168 e. The third-order valence-electron chi connectivity index (χ3n) is 2.03. The molecule has 0 aliphatic rings. The van der Waals surface area contributed by atoms with Gasteiger partial charge < -0.3 is 9.84 Å². The molecule has 14 heavy (non-hydrogen) atoms. The minimum Gasteiger partial charge on any atom is -0.504 e. The van der Waals surface area contributed by atoms with Crippen molar-refractivity contribution < 1.29 is 9.84 Å². The molecule has 1 heterocycles. The van der Waals surface area contributed by atoms with Gasteiger partial charge in [0.15, 0.2) is 11.5 Å². The number of rotatable bonds is 1. The van der Waals surface area contributed by atoms with Crippen LogP contribution < -0.4 is 4.74 Å². The van der Waals surface area contributed by atoms with Gasteiger partial charge in [-0.15, -0.1) is 0 Å². The summed E-state index contributed by atoms with van der Waals surface area (Å²) < 4.78 is 5.08. The van der Waals surface area contributed by atoms with E-state index in [0.29, 0.717) is 10.9 Å². The first kappa shape index (κ1) is 9.09. The fourth-order valence-corrected chi connectivity index (χ4v) is 1.62. The molecule has 3 nitrogen and oxygen atoms in total. The van der Waals surface area contributed by atoms with E-state index in [1.54, 1.807) is 18.3 Å². The van der Waals surface area contributed by atoms with Crippen molar-refractivity contribution in [2.75, 3.05) is 7.11 Å². The molecule has 0 saturated carbocycles. The van der Waals surface area contributed by atoms with Gasteiger partial charge in [-0.3, -0.25) is 0 Å². The maximum Gasteiger partial charge on any atom is 0.168 e. The number of hydrogen-bond acceptors (Lipinski definition) is 3. The fraction of sp³-hybridized carbons (Fsp3) is 0.100. The van der Waals surface area contributed by atoms with Gasteiger partial charge >= 0.3 is 0 Å². The number of pyridine rings is 1. The monoisotopic (exact) mass is 209 g/mol. The zero-order chi connectivity index (χ0) is 10.1. The van der Waals surface area contributed by atoms with E-state index >= 15 is 0 Å². The average molecular weight is 210 g/mol.